The minimum absolute atomic E-state index is 0.0244. The highest BCUT2D eigenvalue weighted by atomic mass is 19.1. The highest BCUT2D eigenvalue weighted by molar-refractivity contribution is 5.90. The lowest BCUT2D eigenvalue weighted by Crippen LogP contribution is -2.52. The largest absolute Gasteiger partial charge is 0.447 e. The van der Waals surface area contributed by atoms with Crippen molar-refractivity contribution >= 4 is 17.9 Å². The number of piperidine rings is 1. The number of nitrogens with one attached hydrogen (secondary N) is 1. The van der Waals surface area contributed by atoms with Gasteiger partial charge in [0, 0.05) is 36.9 Å². The zero-order valence-electron chi connectivity index (χ0n) is 20.9. The highest BCUT2D eigenvalue weighted by Gasteiger charge is 2.54. The fourth-order valence-corrected chi connectivity index (χ4v) is 5.24. The monoisotopic (exact) mass is 498 g/mol. The highest BCUT2D eigenvalue weighted by Crippen LogP contribution is 2.47. The zero-order valence-corrected chi connectivity index (χ0v) is 20.9. The lowest BCUT2D eigenvalue weighted by atomic mass is 9.89. The summed E-state index contributed by atoms with van der Waals surface area (Å²) in [6.07, 6.45) is 4.77. The quantitative estimate of drug-likeness (QED) is 0.508. The van der Waals surface area contributed by atoms with Crippen molar-refractivity contribution in [2.75, 3.05) is 36.5 Å². The lowest BCUT2D eigenvalue weighted by molar-refractivity contribution is 0.102. The van der Waals surface area contributed by atoms with E-state index >= 15 is 0 Å². The van der Waals surface area contributed by atoms with Crippen LogP contribution in [0.5, 0.6) is 0 Å². The van der Waals surface area contributed by atoms with E-state index in [9.17, 15) is 14.3 Å². The first-order valence-electron chi connectivity index (χ1n) is 12.7. The van der Waals surface area contributed by atoms with Crippen LogP contribution in [0.2, 0.25) is 0 Å². The van der Waals surface area contributed by atoms with Gasteiger partial charge in [-0.15, -0.1) is 0 Å². The number of halogens is 1. The molecular formula is C26H35FN6O3. The summed E-state index contributed by atoms with van der Waals surface area (Å²) in [7, 11) is 0. The van der Waals surface area contributed by atoms with Crippen LogP contribution in [0.3, 0.4) is 0 Å². The number of amides is 1. The average Bonchev–Trinajstić information content (AvgIpc) is 3.68. The Hall–Kier alpha value is -2.82. The van der Waals surface area contributed by atoms with Gasteiger partial charge in [-0.1, -0.05) is 12.1 Å². The molecule has 1 aromatic heterocycles. The molecule has 5 rings (SSSR count). The Bertz CT molecular complexity index is 1120. The Morgan fingerprint density at radius 2 is 2.06 bits per heavy atom. The lowest BCUT2D eigenvalue weighted by Gasteiger charge is -2.38. The molecule has 194 valence electrons. The van der Waals surface area contributed by atoms with Gasteiger partial charge in [-0.05, 0) is 63.1 Å². The summed E-state index contributed by atoms with van der Waals surface area (Å²) in [6, 6.07) is 6.74. The zero-order chi connectivity index (χ0) is 25.5. The number of ether oxygens (including phenoxy) is 1. The van der Waals surface area contributed by atoms with Crippen LogP contribution >= 0.6 is 0 Å². The van der Waals surface area contributed by atoms with Gasteiger partial charge in [0.15, 0.2) is 0 Å². The molecule has 2 atom stereocenters. The summed E-state index contributed by atoms with van der Waals surface area (Å²) in [4.78, 5) is 25.2. The van der Waals surface area contributed by atoms with Crippen LogP contribution < -0.4 is 16.0 Å². The van der Waals surface area contributed by atoms with Gasteiger partial charge >= 0.3 is 6.09 Å². The molecule has 0 unspecified atom stereocenters. The van der Waals surface area contributed by atoms with Crippen molar-refractivity contribution in [2.45, 2.75) is 63.2 Å². The number of hydrogen-bond acceptors (Lipinski definition) is 8. The molecule has 0 spiro atoms. The van der Waals surface area contributed by atoms with Crippen molar-refractivity contribution in [3.8, 4) is 0 Å². The second-order valence-electron chi connectivity index (χ2n) is 10.8. The summed E-state index contributed by atoms with van der Waals surface area (Å²) in [5.41, 5.74) is 6.63. The van der Waals surface area contributed by atoms with Gasteiger partial charge in [0.2, 0.25) is 5.95 Å². The normalized spacial score (nSPS) is 25.0. The van der Waals surface area contributed by atoms with Crippen molar-refractivity contribution in [1.29, 1.82) is 0 Å². The second kappa shape index (κ2) is 9.57. The Balaban J connectivity index is 1.24. The first kappa shape index (κ1) is 24.9. The van der Waals surface area contributed by atoms with Crippen LogP contribution in [0.1, 0.15) is 56.7 Å². The van der Waals surface area contributed by atoms with Crippen LogP contribution in [-0.4, -0.2) is 63.4 Å². The number of benzene rings is 1. The van der Waals surface area contributed by atoms with Crippen LogP contribution in [0.4, 0.5) is 21.0 Å². The molecule has 3 heterocycles. The van der Waals surface area contributed by atoms with Crippen molar-refractivity contribution < 1.29 is 19.0 Å². The third kappa shape index (κ3) is 4.89. The van der Waals surface area contributed by atoms with E-state index in [1.807, 2.05) is 26.0 Å². The molecule has 1 saturated carbocycles. The van der Waals surface area contributed by atoms with E-state index in [1.165, 1.54) is 0 Å². The molecule has 3 aliphatic rings. The van der Waals surface area contributed by atoms with Gasteiger partial charge < -0.3 is 20.9 Å². The molecule has 1 aliphatic carbocycles. The molecular weight excluding hydrogens is 463 g/mol. The molecule has 0 radical (unpaired) electrons. The Labute approximate surface area is 210 Å². The maximum atomic E-state index is 15.0. The maximum Gasteiger partial charge on any atom is 0.416 e. The molecule has 36 heavy (non-hydrogen) atoms. The van der Waals surface area contributed by atoms with Crippen LogP contribution in [0.25, 0.3) is 0 Å². The molecule has 9 nitrogen and oxygen atoms in total. The number of carbonyl (C=O) groups excluding carboxylic acids is 1. The minimum atomic E-state index is -0.523. The first-order valence-corrected chi connectivity index (χ1v) is 12.7. The SMILES string of the molecule is C[C@H](Nc1nccc(N2C(=O)OC[C@]2(C)C2CC2)n1)c1ccc(CN2CCC(N)(CO)CC2)c(F)c1. The number of nitrogens with zero attached hydrogens (tertiary/aromatic N) is 4. The number of cyclic esters (lactones) is 1. The smallest absolute Gasteiger partial charge is 0.416 e. The summed E-state index contributed by atoms with van der Waals surface area (Å²) in [5.74, 6) is 1.02. The Morgan fingerprint density at radius 3 is 2.72 bits per heavy atom. The van der Waals surface area contributed by atoms with E-state index in [2.05, 4.69) is 20.2 Å². The number of aliphatic hydroxyl groups is 1. The predicted octanol–water partition coefficient (Wildman–Crippen LogP) is 3.20. The topological polar surface area (TPSA) is 117 Å². The van der Waals surface area contributed by atoms with Crippen LogP contribution in [0, 0.1) is 11.7 Å². The molecule has 2 aromatic rings. The van der Waals surface area contributed by atoms with E-state index < -0.39 is 11.1 Å². The van der Waals surface area contributed by atoms with E-state index in [0.717, 1.165) is 31.5 Å². The fourth-order valence-electron chi connectivity index (χ4n) is 5.24. The fraction of sp³-hybridized carbons (Fsp3) is 0.577. The molecule has 4 N–H and O–H groups in total. The molecule has 1 aromatic carbocycles. The number of aromatic nitrogens is 2. The maximum absolute atomic E-state index is 15.0. The Kier molecular flexibility index (Phi) is 6.61. The number of hydrogen-bond donors (Lipinski definition) is 3. The number of nitrogens with two attached hydrogens (primary N) is 1. The summed E-state index contributed by atoms with van der Waals surface area (Å²) < 4.78 is 20.4. The van der Waals surface area contributed by atoms with Crippen molar-refractivity contribution in [1.82, 2.24) is 14.9 Å². The summed E-state index contributed by atoms with van der Waals surface area (Å²) >= 11 is 0. The third-order valence-corrected chi connectivity index (χ3v) is 7.99. The van der Waals surface area contributed by atoms with Crippen LogP contribution in [-0.2, 0) is 11.3 Å². The number of anilines is 2. The van der Waals surface area contributed by atoms with Gasteiger partial charge in [0.05, 0.1) is 18.2 Å². The summed E-state index contributed by atoms with van der Waals surface area (Å²) in [6.45, 7) is 6.26. The average molecular weight is 499 g/mol. The molecule has 3 fully saturated rings. The van der Waals surface area contributed by atoms with Crippen LogP contribution in [0.15, 0.2) is 30.5 Å². The van der Waals surface area contributed by atoms with E-state index in [4.69, 9.17) is 10.5 Å². The van der Waals surface area contributed by atoms with E-state index in [0.29, 0.717) is 49.2 Å². The van der Waals surface area contributed by atoms with Crippen molar-refractivity contribution in [2.24, 2.45) is 11.7 Å². The third-order valence-electron chi connectivity index (χ3n) is 7.99. The second-order valence-corrected chi connectivity index (χ2v) is 10.8. The first-order chi connectivity index (χ1) is 17.2. The molecule has 1 amide bonds. The predicted molar refractivity (Wildman–Crippen MR) is 134 cm³/mol. The minimum Gasteiger partial charge on any atom is -0.447 e. The van der Waals surface area contributed by atoms with E-state index in [-0.39, 0.29) is 24.6 Å². The molecule has 2 saturated heterocycles. The summed E-state index contributed by atoms with van der Waals surface area (Å²) in [5, 5.41) is 12.7. The van der Waals surface area contributed by atoms with Gasteiger partial charge in [0.1, 0.15) is 18.2 Å². The number of rotatable bonds is 8. The molecule has 0 bridgehead atoms. The van der Waals surface area contributed by atoms with Gasteiger partial charge in [-0.25, -0.2) is 14.2 Å². The Morgan fingerprint density at radius 1 is 1.31 bits per heavy atom. The molecule has 10 heteroatoms. The number of aliphatic hydroxyl groups excluding tert-OH is 1. The van der Waals surface area contributed by atoms with Gasteiger partial charge in [0.25, 0.3) is 0 Å². The van der Waals surface area contributed by atoms with Gasteiger partial charge in [-0.2, -0.15) is 4.98 Å². The van der Waals surface area contributed by atoms with Gasteiger partial charge in [-0.3, -0.25) is 9.80 Å². The van der Waals surface area contributed by atoms with E-state index in [1.54, 1.807) is 23.2 Å². The molecule has 2 aliphatic heterocycles. The van der Waals surface area contributed by atoms with Crippen molar-refractivity contribution in [3.05, 3.63) is 47.4 Å². The number of likely N-dealkylation sites (tertiary alicyclic amines) is 1. The number of carbonyl (C=O) groups is 1. The van der Waals surface area contributed by atoms with Crippen molar-refractivity contribution in [3.63, 3.8) is 0 Å². The standard InChI is InChI=1S/C26H35FN6O3/c1-17(18-3-4-19(21(27)13-18)14-32-11-8-26(28,15-34)9-12-32)30-23-29-10-7-22(31-23)33-24(35)36-16-25(33,2)20-5-6-20/h3-4,7,10,13,17,20,34H,5-6,8-9,11-12,14-16,28H2,1-2H3,(H,29,30,31)/t17-,25+/m0/s1.